The van der Waals surface area contributed by atoms with Crippen LogP contribution in [-0.4, -0.2) is 56.8 Å². The summed E-state index contributed by atoms with van der Waals surface area (Å²) in [5.41, 5.74) is 0. The van der Waals surface area contributed by atoms with Gasteiger partial charge in [-0.3, -0.25) is 9.69 Å². The van der Waals surface area contributed by atoms with Crippen LogP contribution in [0.3, 0.4) is 0 Å². The number of hydrogen-bond acceptors (Lipinski definition) is 2. The molecule has 1 unspecified atom stereocenters. The maximum absolute atomic E-state index is 11.6. The average Bonchev–Trinajstić information content (AvgIpc) is 2.25. The number of amides is 1. The molecule has 1 atom stereocenters. The molecule has 1 rings (SSSR count). The van der Waals surface area contributed by atoms with E-state index < -0.39 is 0 Å². The molecular weight excluding hydrogens is 418 g/mol. The zero-order chi connectivity index (χ0) is 11.3. The van der Waals surface area contributed by atoms with Gasteiger partial charge < -0.3 is 4.90 Å². The first-order valence-corrected chi connectivity index (χ1v) is 8.38. The van der Waals surface area contributed by atoms with E-state index >= 15 is 0 Å². The Bertz CT molecular complexity index is 214. The summed E-state index contributed by atoms with van der Waals surface area (Å²) < 4.78 is 1.83. The number of halogens is 2. The van der Waals surface area contributed by atoms with E-state index in [0.29, 0.717) is 10.5 Å². The summed E-state index contributed by atoms with van der Waals surface area (Å²) in [5, 5.41) is 0. The highest BCUT2D eigenvalue weighted by Gasteiger charge is 2.25. The van der Waals surface area contributed by atoms with Gasteiger partial charge in [0.05, 0.1) is 4.43 Å². The highest BCUT2D eigenvalue weighted by molar-refractivity contribution is 14.1. The van der Waals surface area contributed by atoms with E-state index in [4.69, 9.17) is 0 Å². The lowest BCUT2D eigenvalue weighted by molar-refractivity contribution is -0.132. The normalized spacial score (nSPS) is 23.1. The van der Waals surface area contributed by atoms with E-state index in [9.17, 15) is 4.79 Å². The van der Waals surface area contributed by atoms with Crippen molar-refractivity contribution in [3.05, 3.63) is 0 Å². The van der Waals surface area contributed by atoms with Crippen molar-refractivity contribution in [2.45, 2.75) is 19.4 Å². The number of carbonyl (C=O) groups is 1. The van der Waals surface area contributed by atoms with Crippen molar-refractivity contribution in [3.63, 3.8) is 0 Å². The molecule has 0 spiro atoms. The monoisotopic (exact) mass is 436 g/mol. The molecule has 0 aromatic heterocycles. The van der Waals surface area contributed by atoms with Gasteiger partial charge in [-0.25, -0.2) is 0 Å². The lowest BCUT2D eigenvalue weighted by Gasteiger charge is -2.39. The second-order valence-electron chi connectivity index (χ2n) is 3.91. The summed E-state index contributed by atoms with van der Waals surface area (Å²) in [7, 11) is 0. The van der Waals surface area contributed by atoms with Gasteiger partial charge in [-0.2, -0.15) is 0 Å². The van der Waals surface area contributed by atoms with Crippen molar-refractivity contribution in [1.29, 1.82) is 0 Å². The Kier molecular flexibility index (Phi) is 6.75. The fourth-order valence-corrected chi connectivity index (χ4v) is 2.75. The van der Waals surface area contributed by atoms with Gasteiger partial charge in [-0.15, -0.1) is 0 Å². The SMILES string of the molecule is CC1CN(CCCI)CCN1C(=O)CI. The third-order valence-corrected chi connectivity index (χ3v) is 4.17. The molecule has 1 amide bonds. The van der Waals surface area contributed by atoms with Gasteiger partial charge in [0.15, 0.2) is 0 Å². The predicted octanol–water partition coefficient (Wildman–Crippen LogP) is 1.78. The highest BCUT2D eigenvalue weighted by atomic mass is 127. The van der Waals surface area contributed by atoms with Crippen LogP contribution in [0.5, 0.6) is 0 Å². The molecule has 15 heavy (non-hydrogen) atoms. The Morgan fingerprint density at radius 3 is 2.67 bits per heavy atom. The van der Waals surface area contributed by atoms with Crippen molar-refractivity contribution in [2.75, 3.05) is 35.0 Å². The first-order valence-electron chi connectivity index (χ1n) is 5.32. The zero-order valence-electron chi connectivity index (χ0n) is 9.09. The van der Waals surface area contributed by atoms with Crippen molar-refractivity contribution < 1.29 is 4.79 Å². The topological polar surface area (TPSA) is 23.6 Å². The molecular formula is C10H18I2N2O. The van der Waals surface area contributed by atoms with Crippen LogP contribution in [0, 0.1) is 0 Å². The lowest BCUT2D eigenvalue weighted by atomic mass is 10.2. The molecule has 0 aromatic rings. The Morgan fingerprint density at radius 2 is 2.13 bits per heavy atom. The maximum Gasteiger partial charge on any atom is 0.232 e. The summed E-state index contributed by atoms with van der Waals surface area (Å²) >= 11 is 4.57. The van der Waals surface area contributed by atoms with Crippen LogP contribution in [0.15, 0.2) is 0 Å². The predicted molar refractivity (Wildman–Crippen MR) is 80.0 cm³/mol. The quantitative estimate of drug-likeness (QED) is 0.496. The third kappa shape index (κ3) is 4.33. The van der Waals surface area contributed by atoms with Gasteiger partial charge in [0, 0.05) is 30.1 Å². The van der Waals surface area contributed by atoms with Gasteiger partial charge in [-0.1, -0.05) is 45.2 Å². The van der Waals surface area contributed by atoms with E-state index in [1.807, 2.05) is 4.90 Å². The minimum absolute atomic E-state index is 0.289. The van der Waals surface area contributed by atoms with Crippen LogP contribution < -0.4 is 0 Å². The maximum atomic E-state index is 11.6. The Morgan fingerprint density at radius 1 is 1.40 bits per heavy atom. The van der Waals surface area contributed by atoms with Crippen LogP contribution in [-0.2, 0) is 4.79 Å². The summed E-state index contributed by atoms with van der Waals surface area (Å²) in [6.07, 6.45) is 1.26. The van der Waals surface area contributed by atoms with Crippen molar-refractivity contribution in [2.24, 2.45) is 0 Å². The van der Waals surface area contributed by atoms with E-state index in [0.717, 1.165) is 19.6 Å². The van der Waals surface area contributed by atoms with Crippen LogP contribution in [0.2, 0.25) is 0 Å². The fraction of sp³-hybridized carbons (Fsp3) is 0.900. The molecule has 1 saturated heterocycles. The van der Waals surface area contributed by atoms with Gasteiger partial charge in [0.2, 0.25) is 5.91 Å². The molecule has 0 bridgehead atoms. The standard InChI is InChI=1S/C10H18I2N2O/c1-9-8-13(4-2-3-11)5-6-14(9)10(15)7-12/h9H,2-8H2,1H3. The number of carbonyl (C=O) groups excluding carboxylic acids is 1. The molecule has 0 saturated carbocycles. The zero-order valence-corrected chi connectivity index (χ0v) is 13.4. The Hall–Kier alpha value is 0.890. The van der Waals surface area contributed by atoms with E-state index in [1.54, 1.807) is 0 Å². The highest BCUT2D eigenvalue weighted by Crippen LogP contribution is 2.11. The summed E-state index contributed by atoms with van der Waals surface area (Å²) in [4.78, 5) is 16.1. The molecule has 0 radical (unpaired) electrons. The van der Waals surface area contributed by atoms with Crippen LogP contribution >= 0.6 is 45.2 Å². The van der Waals surface area contributed by atoms with E-state index in [-0.39, 0.29) is 5.91 Å². The number of piperazine rings is 1. The van der Waals surface area contributed by atoms with E-state index in [2.05, 4.69) is 57.0 Å². The molecule has 88 valence electrons. The van der Waals surface area contributed by atoms with Crippen LogP contribution in [0.1, 0.15) is 13.3 Å². The number of alkyl halides is 2. The van der Waals surface area contributed by atoms with Crippen molar-refractivity contribution in [3.8, 4) is 0 Å². The second kappa shape index (κ2) is 7.26. The summed E-state index contributed by atoms with van der Waals surface area (Å²) in [6, 6.07) is 0.384. The smallest absolute Gasteiger partial charge is 0.232 e. The van der Waals surface area contributed by atoms with Gasteiger partial charge in [-0.05, 0) is 19.9 Å². The molecule has 1 fully saturated rings. The van der Waals surface area contributed by atoms with Gasteiger partial charge in [0.25, 0.3) is 0 Å². The molecule has 3 nitrogen and oxygen atoms in total. The summed E-state index contributed by atoms with van der Waals surface area (Å²) in [5.74, 6) is 0.289. The van der Waals surface area contributed by atoms with Crippen LogP contribution in [0.4, 0.5) is 0 Å². The van der Waals surface area contributed by atoms with E-state index in [1.165, 1.54) is 17.4 Å². The minimum Gasteiger partial charge on any atom is -0.337 e. The molecule has 0 aliphatic carbocycles. The molecule has 5 heteroatoms. The molecule has 1 aliphatic rings. The van der Waals surface area contributed by atoms with Crippen molar-refractivity contribution in [1.82, 2.24) is 9.80 Å². The fourth-order valence-electron chi connectivity index (χ4n) is 1.97. The molecule has 1 heterocycles. The number of nitrogens with zero attached hydrogens (tertiary/aromatic N) is 2. The Balaban J connectivity index is 2.37. The number of rotatable bonds is 4. The van der Waals surface area contributed by atoms with Gasteiger partial charge in [0.1, 0.15) is 0 Å². The molecule has 1 aliphatic heterocycles. The van der Waals surface area contributed by atoms with Crippen LogP contribution in [0.25, 0.3) is 0 Å². The first-order chi connectivity index (χ1) is 7.19. The molecule has 0 aromatic carbocycles. The first kappa shape index (κ1) is 14.0. The second-order valence-corrected chi connectivity index (χ2v) is 5.75. The number of hydrogen-bond donors (Lipinski definition) is 0. The lowest BCUT2D eigenvalue weighted by Crippen LogP contribution is -2.54. The summed E-state index contributed by atoms with van der Waals surface area (Å²) in [6.45, 7) is 6.33. The van der Waals surface area contributed by atoms with Crippen molar-refractivity contribution >= 4 is 51.1 Å². The minimum atomic E-state index is 0.289. The molecule has 0 N–H and O–H groups in total. The largest absolute Gasteiger partial charge is 0.337 e. The Labute approximate surface area is 119 Å². The third-order valence-electron chi connectivity index (χ3n) is 2.75. The average molecular weight is 436 g/mol. The van der Waals surface area contributed by atoms with Gasteiger partial charge >= 0.3 is 0 Å².